The first-order valence-corrected chi connectivity index (χ1v) is 8.89. The second-order valence-corrected chi connectivity index (χ2v) is 7.31. The summed E-state index contributed by atoms with van der Waals surface area (Å²) in [7, 11) is 0. The van der Waals surface area contributed by atoms with Gasteiger partial charge < -0.3 is 0 Å². The highest BCUT2D eigenvalue weighted by Crippen LogP contribution is 2.56. The maximum Gasteiger partial charge on any atom is 0.408 e. The van der Waals surface area contributed by atoms with Gasteiger partial charge in [-0.2, -0.15) is 23.4 Å². The Morgan fingerprint density at radius 3 is 2.79 bits per heavy atom. The number of imidazole rings is 1. The van der Waals surface area contributed by atoms with Crippen molar-refractivity contribution in [1.82, 2.24) is 24.4 Å². The van der Waals surface area contributed by atoms with Crippen LogP contribution in [0.25, 0.3) is 16.6 Å². The summed E-state index contributed by atoms with van der Waals surface area (Å²) in [5.41, 5.74) is 2.33. The van der Waals surface area contributed by atoms with E-state index in [9.17, 15) is 17.6 Å². The van der Waals surface area contributed by atoms with Crippen molar-refractivity contribution in [3.05, 3.63) is 58.9 Å². The van der Waals surface area contributed by atoms with Crippen LogP contribution in [0.5, 0.6) is 0 Å². The second-order valence-electron chi connectivity index (χ2n) is 6.92. The van der Waals surface area contributed by atoms with Gasteiger partial charge in [0.2, 0.25) is 0 Å². The first-order valence-electron chi connectivity index (χ1n) is 8.51. The lowest BCUT2D eigenvalue weighted by Crippen LogP contribution is -2.18. The molecule has 1 aromatic carbocycles. The topological polar surface area (TPSA) is 48.0 Å². The summed E-state index contributed by atoms with van der Waals surface area (Å²) in [6.45, 7) is -1.26. The molecular formula is C18H12ClF4N5. The number of fused-ring (bicyclic) bond motifs is 2. The molecule has 3 aromatic heterocycles. The molecule has 0 radical (unpaired) electrons. The minimum atomic E-state index is -4.44. The monoisotopic (exact) mass is 409 g/mol. The molecule has 4 aromatic rings. The molecule has 1 unspecified atom stereocenters. The zero-order valence-electron chi connectivity index (χ0n) is 14.2. The molecule has 1 aliphatic carbocycles. The standard InChI is InChI=1S/C18H12ClF4N5/c19-16-6-12(17-24-1-2-27(17)26-16)11-5-10(11)9-3-14(20)13-7-25-28(15(13)4-9)8-18(21,22)23/h1-4,6-7,10-11H,5,8H2/t10-,11?/m1/s1. The van der Waals surface area contributed by atoms with Gasteiger partial charge in [0.1, 0.15) is 17.5 Å². The fourth-order valence-electron chi connectivity index (χ4n) is 3.75. The molecule has 0 bridgehead atoms. The summed E-state index contributed by atoms with van der Waals surface area (Å²) in [4.78, 5) is 4.29. The molecule has 3 heterocycles. The van der Waals surface area contributed by atoms with Crippen LogP contribution in [-0.4, -0.2) is 30.6 Å². The van der Waals surface area contributed by atoms with Gasteiger partial charge in [-0.3, -0.25) is 4.68 Å². The Hall–Kier alpha value is -2.68. The summed E-state index contributed by atoms with van der Waals surface area (Å²) < 4.78 is 55.2. The van der Waals surface area contributed by atoms with Gasteiger partial charge in [-0.15, -0.1) is 0 Å². The minimum absolute atomic E-state index is 0.0351. The Morgan fingerprint density at radius 1 is 1.18 bits per heavy atom. The molecule has 1 saturated carbocycles. The lowest BCUT2D eigenvalue weighted by Gasteiger charge is -2.09. The van der Waals surface area contributed by atoms with Gasteiger partial charge >= 0.3 is 6.18 Å². The van der Waals surface area contributed by atoms with Crippen molar-refractivity contribution in [1.29, 1.82) is 0 Å². The molecule has 10 heteroatoms. The summed E-state index contributed by atoms with van der Waals surface area (Å²) in [6, 6.07) is 4.70. The summed E-state index contributed by atoms with van der Waals surface area (Å²) in [6.07, 6.45) is 0.709. The minimum Gasteiger partial charge on any atom is -0.256 e. The van der Waals surface area contributed by atoms with E-state index in [1.54, 1.807) is 29.0 Å². The van der Waals surface area contributed by atoms with Crippen molar-refractivity contribution >= 4 is 28.2 Å². The zero-order valence-corrected chi connectivity index (χ0v) is 14.9. The Kier molecular flexibility index (Phi) is 3.67. The number of halogens is 5. The summed E-state index contributed by atoms with van der Waals surface area (Å²) >= 11 is 6.08. The number of alkyl halides is 3. The molecular weight excluding hydrogens is 398 g/mol. The van der Waals surface area contributed by atoms with E-state index >= 15 is 0 Å². The smallest absolute Gasteiger partial charge is 0.256 e. The van der Waals surface area contributed by atoms with Crippen LogP contribution in [0.2, 0.25) is 5.15 Å². The number of benzene rings is 1. The van der Waals surface area contributed by atoms with Crippen molar-refractivity contribution < 1.29 is 17.6 Å². The van der Waals surface area contributed by atoms with Crippen LogP contribution in [-0.2, 0) is 6.54 Å². The fourth-order valence-corrected chi connectivity index (χ4v) is 3.95. The summed E-state index contributed by atoms with van der Waals surface area (Å²) in [5.74, 6) is -0.571. The Bertz CT molecular complexity index is 1210. The van der Waals surface area contributed by atoms with Crippen LogP contribution in [0.3, 0.4) is 0 Å². The molecule has 0 N–H and O–H groups in total. The number of hydrogen-bond acceptors (Lipinski definition) is 3. The van der Waals surface area contributed by atoms with E-state index < -0.39 is 18.5 Å². The first kappa shape index (κ1) is 17.4. The van der Waals surface area contributed by atoms with Gasteiger partial charge in [0.25, 0.3) is 0 Å². The maximum absolute atomic E-state index is 14.5. The highest BCUT2D eigenvalue weighted by molar-refractivity contribution is 6.29. The van der Waals surface area contributed by atoms with E-state index in [1.807, 2.05) is 0 Å². The second kappa shape index (κ2) is 5.91. The number of rotatable bonds is 3. The quantitative estimate of drug-likeness (QED) is 0.461. The van der Waals surface area contributed by atoms with Crippen molar-refractivity contribution in [3.8, 4) is 0 Å². The van der Waals surface area contributed by atoms with Crippen LogP contribution in [0.4, 0.5) is 17.6 Å². The number of aromatic nitrogens is 5. The van der Waals surface area contributed by atoms with Crippen molar-refractivity contribution in [2.45, 2.75) is 31.0 Å². The molecule has 144 valence electrons. The Balaban J connectivity index is 1.54. The van der Waals surface area contributed by atoms with Crippen LogP contribution >= 0.6 is 11.6 Å². The largest absolute Gasteiger partial charge is 0.408 e. The third-order valence-electron chi connectivity index (χ3n) is 5.04. The third-order valence-corrected chi connectivity index (χ3v) is 5.22. The lowest BCUT2D eigenvalue weighted by atomic mass is 10.0. The average Bonchev–Trinajstić information content (AvgIpc) is 3.09. The molecule has 0 spiro atoms. The third kappa shape index (κ3) is 2.90. The van der Waals surface area contributed by atoms with Crippen LogP contribution in [0, 0.1) is 5.82 Å². The predicted octanol–water partition coefficient (Wildman–Crippen LogP) is 4.70. The fraction of sp³-hybridized carbons (Fsp3) is 0.278. The number of hydrogen-bond donors (Lipinski definition) is 0. The first-order chi connectivity index (χ1) is 13.3. The molecule has 1 aliphatic rings. The molecule has 0 amide bonds. The molecule has 0 saturated heterocycles. The lowest BCUT2D eigenvalue weighted by molar-refractivity contribution is -0.141. The summed E-state index contributed by atoms with van der Waals surface area (Å²) in [5, 5.41) is 8.23. The maximum atomic E-state index is 14.5. The molecule has 0 aliphatic heterocycles. The zero-order chi connectivity index (χ0) is 19.6. The SMILES string of the molecule is Fc1cc([C@H]2CC2c2cc(Cl)nn3ccnc23)cc2c1cnn2CC(F)(F)F. The highest BCUT2D eigenvalue weighted by Gasteiger charge is 2.42. The van der Waals surface area contributed by atoms with E-state index in [0.29, 0.717) is 16.4 Å². The van der Waals surface area contributed by atoms with E-state index in [2.05, 4.69) is 15.2 Å². The number of nitrogens with zero attached hydrogens (tertiary/aromatic N) is 5. The van der Waals surface area contributed by atoms with Gasteiger partial charge in [0.05, 0.1) is 17.1 Å². The van der Waals surface area contributed by atoms with Crippen molar-refractivity contribution in [2.75, 3.05) is 0 Å². The molecule has 5 nitrogen and oxygen atoms in total. The van der Waals surface area contributed by atoms with E-state index in [4.69, 9.17) is 11.6 Å². The van der Waals surface area contributed by atoms with E-state index in [0.717, 1.165) is 22.9 Å². The van der Waals surface area contributed by atoms with Gasteiger partial charge in [0.15, 0.2) is 5.65 Å². The van der Waals surface area contributed by atoms with Gasteiger partial charge in [-0.05, 0) is 42.0 Å². The average molecular weight is 410 g/mol. The predicted molar refractivity (Wildman–Crippen MR) is 93.8 cm³/mol. The molecule has 2 atom stereocenters. The molecule has 28 heavy (non-hydrogen) atoms. The van der Waals surface area contributed by atoms with Crippen molar-refractivity contribution in [3.63, 3.8) is 0 Å². The highest BCUT2D eigenvalue weighted by atomic mass is 35.5. The van der Waals surface area contributed by atoms with E-state index in [1.165, 1.54) is 6.07 Å². The van der Waals surface area contributed by atoms with Gasteiger partial charge in [-0.25, -0.2) is 13.9 Å². The van der Waals surface area contributed by atoms with Gasteiger partial charge in [0, 0.05) is 18.0 Å². The van der Waals surface area contributed by atoms with E-state index in [-0.39, 0.29) is 22.7 Å². The van der Waals surface area contributed by atoms with Gasteiger partial charge in [-0.1, -0.05) is 11.6 Å². The van der Waals surface area contributed by atoms with Crippen LogP contribution in [0.15, 0.2) is 36.8 Å². The molecule has 5 rings (SSSR count). The Labute approximate surface area is 160 Å². The van der Waals surface area contributed by atoms with Crippen molar-refractivity contribution in [2.24, 2.45) is 0 Å². The Morgan fingerprint density at radius 2 is 2.00 bits per heavy atom. The van der Waals surface area contributed by atoms with Crippen LogP contribution in [0.1, 0.15) is 29.4 Å². The van der Waals surface area contributed by atoms with Crippen LogP contribution < -0.4 is 0 Å². The normalized spacial score (nSPS) is 19.6. The molecule has 1 fully saturated rings.